The molecule has 0 aliphatic heterocycles. The lowest BCUT2D eigenvalue weighted by atomic mass is 10.2. The van der Waals surface area contributed by atoms with E-state index in [9.17, 15) is 9.59 Å². The molecule has 29 heavy (non-hydrogen) atoms. The molecule has 0 bridgehead atoms. The van der Waals surface area contributed by atoms with Crippen molar-refractivity contribution in [3.63, 3.8) is 0 Å². The minimum Gasteiger partial charge on any atom is -0.372 e. The van der Waals surface area contributed by atoms with E-state index in [0.29, 0.717) is 22.7 Å². The highest BCUT2D eigenvalue weighted by molar-refractivity contribution is 7.12. The number of hydrogen-bond donors (Lipinski definition) is 2. The zero-order valence-corrected chi connectivity index (χ0v) is 17.2. The molecule has 0 saturated heterocycles. The van der Waals surface area contributed by atoms with E-state index in [1.807, 2.05) is 29.6 Å². The van der Waals surface area contributed by atoms with Crippen molar-refractivity contribution in [3.05, 3.63) is 82.6 Å². The van der Waals surface area contributed by atoms with E-state index in [1.54, 1.807) is 30.3 Å². The minimum atomic E-state index is -0.168. The van der Waals surface area contributed by atoms with Crippen molar-refractivity contribution in [2.24, 2.45) is 0 Å². The molecule has 0 aliphatic carbocycles. The normalized spacial score (nSPS) is 10.4. The van der Waals surface area contributed by atoms with Gasteiger partial charge in [0.2, 0.25) is 0 Å². The van der Waals surface area contributed by atoms with Gasteiger partial charge in [0.1, 0.15) is 0 Å². The summed E-state index contributed by atoms with van der Waals surface area (Å²) in [6, 6.07) is 20.9. The molecular formula is C23H25N3O2S. The van der Waals surface area contributed by atoms with Crippen molar-refractivity contribution < 1.29 is 9.59 Å². The molecule has 0 spiro atoms. The van der Waals surface area contributed by atoms with Crippen molar-refractivity contribution >= 4 is 34.5 Å². The van der Waals surface area contributed by atoms with Crippen LogP contribution in [-0.4, -0.2) is 31.4 Å². The Bertz CT molecular complexity index is 926. The second-order valence-corrected chi connectivity index (χ2v) is 7.48. The molecule has 2 amide bonds. The van der Waals surface area contributed by atoms with Gasteiger partial charge in [-0.25, -0.2) is 0 Å². The lowest BCUT2D eigenvalue weighted by Crippen LogP contribution is -2.30. The Morgan fingerprint density at radius 1 is 0.966 bits per heavy atom. The van der Waals surface area contributed by atoms with Gasteiger partial charge in [0.05, 0.1) is 4.88 Å². The quantitative estimate of drug-likeness (QED) is 0.508. The van der Waals surface area contributed by atoms with Gasteiger partial charge >= 0.3 is 0 Å². The van der Waals surface area contributed by atoms with Gasteiger partial charge < -0.3 is 15.5 Å². The second-order valence-electron chi connectivity index (χ2n) is 6.54. The monoisotopic (exact) mass is 407 g/mol. The van der Waals surface area contributed by atoms with E-state index in [4.69, 9.17) is 0 Å². The molecule has 0 fully saturated rings. The smallest absolute Gasteiger partial charge is 0.265 e. The molecule has 1 heterocycles. The Kier molecular flexibility index (Phi) is 7.41. The molecule has 2 aromatic carbocycles. The number of carbonyl (C=O) groups excluding carboxylic acids is 2. The number of hydrogen-bond acceptors (Lipinski definition) is 4. The van der Waals surface area contributed by atoms with Crippen molar-refractivity contribution in [1.82, 2.24) is 5.32 Å². The Labute approximate surface area is 175 Å². The van der Waals surface area contributed by atoms with Gasteiger partial charge in [-0.05, 0) is 55.1 Å². The molecule has 5 nitrogen and oxygen atoms in total. The van der Waals surface area contributed by atoms with Crippen LogP contribution in [0.1, 0.15) is 33.4 Å². The fourth-order valence-electron chi connectivity index (χ4n) is 3.02. The average molecular weight is 408 g/mol. The molecule has 0 saturated carbocycles. The number of nitrogens with zero attached hydrogens (tertiary/aromatic N) is 1. The van der Waals surface area contributed by atoms with Gasteiger partial charge in [-0.3, -0.25) is 9.59 Å². The van der Waals surface area contributed by atoms with Crippen LogP contribution in [0.25, 0.3) is 0 Å². The fourth-order valence-corrected chi connectivity index (χ4v) is 3.64. The Morgan fingerprint density at radius 2 is 1.79 bits per heavy atom. The summed E-state index contributed by atoms with van der Waals surface area (Å²) < 4.78 is 0. The molecule has 150 valence electrons. The zero-order chi connectivity index (χ0) is 20.5. The molecule has 2 N–H and O–H groups in total. The maximum absolute atomic E-state index is 12.5. The van der Waals surface area contributed by atoms with E-state index in [1.165, 1.54) is 17.0 Å². The number of rotatable bonds is 9. The van der Waals surface area contributed by atoms with Crippen molar-refractivity contribution in [1.29, 1.82) is 0 Å². The number of thiophene rings is 1. The van der Waals surface area contributed by atoms with Gasteiger partial charge in [0, 0.05) is 36.6 Å². The minimum absolute atomic E-state index is 0.139. The first kappa shape index (κ1) is 20.6. The number of anilines is 2. The van der Waals surface area contributed by atoms with Gasteiger partial charge in [-0.2, -0.15) is 0 Å². The molecule has 0 radical (unpaired) electrons. The number of benzene rings is 2. The van der Waals surface area contributed by atoms with E-state index in [-0.39, 0.29) is 11.8 Å². The van der Waals surface area contributed by atoms with Crippen molar-refractivity contribution in [3.8, 4) is 0 Å². The van der Waals surface area contributed by atoms with Gasteiger partial charge in [-0.15, -0.1) is 11.3 Å². The molecule has 0 aliphatic rings. The highest BCUT2D eigenvalue weighted by atomic mass is 32.1. The topological polar surface area (TPSA) is 61.4 Å². The highest BCUT2D eigenvalue weighted by Gasteiger charge is 2.10. The third-order valence-corrected chi connectivity index (χ3v) is 5.39. The van der Waals surface area contributed by atoms with Crippen LogP contribution < -0.4 is 15.5 Å². The second kappa shape index (κ2) is 10.4. The molecule has 1 aromatic heterocycles. The average Bonchev–Trinajstić information content (AvgIpc) is 3.30. The molecule has 3 aromatic rings. The standard InChI is InChI=1S/C23H25N3O2S/c1-2-26(20-11-4-3-5-12-20)15-8-14-24-22(27)18-9-6-10-19(17-18)25-23(28)21-13-7-16-29-21/h3-7,9-13,16-17H,2,8,14-15H2,1H3,(H,24,27)(H,25,28). The molecule has 0 unspecified atom stereocenters. The predicted molar refractivity (Wildman–Crippen MR) is 120 cm³/mol. The SMILES string of the molecule is CCN(CCCNC(=O)c1cccc(NC(=O)c2cccs2)c1)c1ccccc1. The van der Waals surface area contributed by atoms with Crippen LogP contribution in [0.3, 0.4) is 0 Å². The predicted octanol–water partition coefficient (Wildman–Crippen LogP) is 4.65. The Balaban J connectivity index is 1.48. The molecule has 6 heteroatoms. The zero-order valence-electron chi connectivity index (χ0n) is 16.4. The molecule has 3 rings (SSSR count). The summed E-state index contributed by atoms with van der Waals surface area (Å²) in [7, 11) is 0. The Hall–Kier alpha value is -3.12. The number of para-hydroxylation sites is 1. The summed E-state index contributed by atoms with van der Waals surface area (Å²) in [5.41, 5.74) is 2.33. The molecular weight excluding hydrogens is 382 g/mol. The van der Waals surface area contributed by atoms with Gasteiger partial charge in [-0.1, -0.05) is 30.3 Å². The van der Waals surface area contributed by atoms with Crippen LogP contribution in [0.5, 0.6) is 0 Å². The summed E-state index contributed by atoms with van der Waals surface area (Å²) in [4.78, 5) is 27.6. The largest absolute Gasteiger partial charge is 0.372 e. The summed E-state index contributed by atoms with van der Waals surface area (Å²) in [5, 5.41) is 7.65. The first-order chi connectivity index (χ1) is 14.2. The third-order valence-electron chi connectivity index (χ3n) is 4.52. The van der Waals surface area contributed by atoms with E-state index in [0.717, 1.165) is 19.5 Å². The van der Waals surface area contributed by atoms with Crippen LogP contribution in [0.15, 0.2) is 72.1 Å². The Morgan fingerprint density at radius 3 is 2.52 bits per heavy atom. The maximum atomic E-state index is 12.5. The van der Waals surface area contributed by atoms with Gasteiger partial charge in [0.15, 0.2) is 0 Å². The van der Waals surface area contributed by atoms with Crippen LogP contribution in [0, 0.1) is 0 Å². The number of amides is 2. The summed E-state index contributed by atoms with van der Waals surface area (Å²) in [6.07, 6.45) is 0.850. The number of carbonyl (C=O) groups is 2. The summed E-state index contributed by atoms with van der Waals surface area (Å²) in [5.74, 6) is -0.307. The lowest BCUT2D eigenvalue weighted by Gasteiger charge is -2.23. The van der Waals surface area contributed by atoms with E-state index >= 15 is 0 Å². The summed E-state index contributed by atoms with van der Waals surface area (Å²) >= 11 is 1.38. The first-order valence-electron chi connectivity index (χ1n) is 9.70. The van der Waals surface area contributed by atoms with Crippen molar-refractivity contribution in [2.45, 2.75) is 13.3 Å². The van der Waals surface area contributed by atoms with E-state index < -0.39 is 0 Å². The summed E-state index contributed by atoms with van der Waals surface area (Å²) in [6.45, 7) is 4.51. The van der Waals surface area contributed by atoms with Crippen molar-refractivity contribution in [2.75, 3.05) is 29.9 Å². The van der Waals surface area contributed by atoms with Crippen LogP contribution in [-0.2, 0) is 0 Å². The third kappa shape index (κ3) is 5.93. The number of nitrogens with one attached hydrogen (secondary N) is 2. The molecule has 0 atom stereocenters. The van der Waals surface area contributed by atoms with E-state index in [2.05, 4.69) is 34.6 Å². The van der Waals surface area contributed by atoms with Gasteiger partial charge in [0.25, 0.3) is 11.8 Å². The van der Waals surface area contributed by atoms with Crippen LogP contribution in [0.4, 0.5) is 11.4 Å². The first-order valence-corrected chi connectivity index (χ1v) is 10.6. The lowest BCUT2D eigenvalue weighted by molar-refractivity contribution is 0.0952. The fraction of sp³-hybridized carbons (Fsp3) is 0.217. The maximum Gasteiger partial charge on any atom is 0.265 e. The highest BCUT2D eigenvalue weighted by Crippen LogP contribution is 2.15. The van der Waals surface area contributed by atoms with Crippen LogP contribution >= 0.6 is 11.3 Å². The van der Waals surface area contributed by atoms with Crippen LogP contribution in [0.2, 0.25) is 0 Å².